The van der Waals surface area contributed by atoms with E-state index in [1.165, 1.54) is 5.56 Å². The van der Waals surface area contributed by atoms with Crippen LogP contribution in [-0.4, -0.2) is 54.6 Å². The summed E-state index contributed by atoms with van der Waals surface area (Å²) in [6.45, 7) is 12.4. The van der Waals surface area contributed by atoms with Crippen LogP contribution < -0.4 is 10.6 Å². The molecule has 1 fully saturated rings. The molecule has 1 saturated heterocycles. The Kier molecular flexibility index (Phi) is 6.69. The molecule has 1 aliphatic rings. The molecule has 1 amide bonds. The van der Waals surface area contributed by atoms with Gasteiger partial charge in [-0.15, -0.1) is 0 Å². The Balaban J connectivity index is 1.59. The predicted octanol–water partition coefficient (Wildman–Crippen LogP) is 2.74. The van der Waals surface area contributed by atoms with Crippen molar-refractivity contribution < 1.29 is 4.79 Å². The van der Waals surface area contributed by atoms with Gasteiger partial charge in [0, 0.05) is 44.1 Å². The highest BCUT2D eigenvalue weighted by atomic mass is 16.1. The maximum absolute atomic E-state index is 12.7. The van der Waals surface area contributed by atoms with Crippen molar-refractivity contribution in [1.82, 2.24) is 20.1 Å². The highest BCUT2D eigenvalue weighted by Gasteiger charge is 2.19. The summed E-state index contributed by atoms with van der Waals surface area (Å²) in [6, 6.07) is 12.7. The Bertz CT molecular complexity index is 747. The molecule has 2 N–H and O–H groups in total. The van der Waals surface area contributed by atoms with Crippen molar-refractivity contribution >= 4 is 5.91 Å². The number of carbonyl (C=O) groups excluding carboxylic acids is 1. The Labute approximate surface area is 162 Å². The molecule has 0 saturated carbocycles. The van der Waals surface area contributed by atoms with Crippen molar-refractivity contribution in [2.75, 3.05) is 39.3 Å². The first kappa shape index (κ1) is 19.6. The maximum atomic E-state index is 12.7. The van der Waals surface area contributed by atoms with Crippen LogP contribution in [0.4, 0.5) is 0 Å². The van der Waals surface area contributed by atoms with Crippen LogP contribution in [0.1, 0.15) is 46.7 Å². The summed E-state index contributed by atoms with van der Waals surface area (Å²) < 4.78 is 2.25. The van der Waals surface area contributed by atoms with Crippen molar-refractivity contribution in [1.29, 1.82) is 0 Å². The van der Waals surface area contributed by atoms with E-state index in [-0.39, 0.29) is 11.9 Å². The molecule has 0 radical (unpaired) electrons. The number of rotatable bonds is 7. The number of nitrogens with one attached hydrogen (secondary N) is 2. The van der Waals surface area contributed by atoms with Gasteiger partial charge in [-0.25, -0.2) is 0 Å². The summed E-state index contributed by atoms with van der Waals surface area (Å²) in [7, 11) is 0. The fourth-order valence-electron chi connectivity index (χ4n) is 4.02. The van der Waals surface area contributed by atoms with Crippen LogP contribution in [0.2, 0.25) is 0 Å². The molecule has 0 aliphatic carbocycles. The second-order valence-electron chi connectivity index (χ2n) is 7.44. The van der Waals surface area contributed by atoms with Crippen molar-refractivity contribution in [3.63, 3.8) is 0 Å². The van der Waals surface area contributed by atoms with Crippen molar-refractivity contribution in [3.05, 3.63) is 58.9 Å². The lowest BCUT2D eigenvalue weighted by Gasteiger charge is -2.27. The van der Waals surface area contributed by atoms with E-state index < -0.39 is 0 Å². The highest BCUT2D eigenvalue weighted by Crippen LogP contribution is 2.25. The van der Waals surface area contributed by atoms with Crippen LogP contribution >= 0.6 is 0 Å². The summed E-state index contributed by atoms with van der Waals surface area (Å²) >= 11 is 0. The van der Waals surface area contributed by atoms with E-state index in [1.54, 1.807) is 0 Å². The second kappa shape index (κ2) is 9.20. The first-order chi connectivity index (χ1) is 13.1. The first-order valence-corrected chi connectivity index (χ1v) is 10.0. The molecule has 146 valence electrons. The number of hydrogen-bond donors (Lipinski definition) is 2. The number of piperazine rings is 1. The Morgan fingerprint density at radius 3 is 2.59 bits per heavy atom. The number of aromatic nitrogens is 1. The minimum Gasteiger partial charge on any atom is -0.352 e. The van der Waals surface area contributed by atoms with Gasteiger partial charge in [0.15, 0.2) is 0 Å². The topological polar surface area (TPSA) is 49.3 Å². The highest BCUT2D eigenvalue weighted by molar-refractivity contribution is 5.95. The number of carbonyl (C=O) groups is 1. The molecule has 5 heteroatoms. The lowest BCUT2D eigenvalue weighted by molar-refractivity contribution is 0.0950. The van der Waals surface area contributed by atoms with E-state index in [2.05, 4.69) is 58.2 Å². The molecule has 2 aromatic rings. The van der Waals surface area contributed by atoms with Crippen LogP contribution in [0.5, 0.6) is 0 Å². The van der Waals surface area contributed by atoms with Gasteiger partial charge in [0.1, 0.15) is 0 Å². The molecule has 1 aliphatic heterocycles. The lowest BCUT2D eigenvalue weighted by Crippen LogP contribution is -2.44. The SMILES string of the molecule is Cc1cc(C(=O)NCCCN2CCNCC2)c(C)n1C(C)c1ccccc1. The summed E-state index contributed by atoms with van der Waals surface area (Å²) in [6.07, 6.45) is 0.991. The molecule has 27 heavy (non-hydrogen) atoms. The van der Waals surface area contributed by atoms with Gasteiger partial charge in [-0.3, -0.25) is 4.79 Å². The Morgan fingerprint density at radius 1 is 1.19 bits per heavy atom. The zero-order valence-corrected chi connectivity index (χ0v) is 16.8. The van der Waals surface area contributed by atoms with E-state index in [0.717, 1.165) is 62.6 Å². The zero-order valence-electron chi connectivity index (χ0n) is 16.8. The molecule has 2 heterocycles. The quantitative estimate of drug-likeness (QED) is 0.739. The fraction of sp³-hybridized carbons (Fsp3) is 0.500. The second-order valence-corrected chi connectivity index (χ2v) is 7.44. The van der Waals surface area contributed by atoms with Gasteiger partial charge in [0.2, 0.25) is 0 Å². The molecule has 5 nitrogen and oxygen atoms in total. The lowest BCUT2D eigenvalue weighted by atomic mass is 10.1. The number of benzene rings is 1. The smallest absolute Gasteiger partial charge is 0.253 e. The summed E-state index contributed by atoms with van der Waals surface area (Å²) in [5.41, 5.74) is 4.19. The van der Waals surface area contributed by atoms with Crippen LogP contribution in [0.15, 0.2) is 36.4 Å². The van der Waals surface area contributed by atoms with Gasteiger partial charge in [0.25, 0.3) is 5.91 Å². The number of hydrogen-bond acceptors (Lipinski definition) is 3. The predicted molar refractivity (Wildman–Crippen MR) is 110 cm³/mol. The van der Waals surface area contributed by atoms with E-state index in [9.17, 15) is 4.79 Å². The van der Waals surface area contributed by atoms with Gasteiger partial charge < -0.3 is 20.1 Å². The third kappa shape index (κ3) is 4.79. The van der Waals surface area contributed by atoms with Crippen LogP contribution in [0.25, 0.3) is 0 Å². The monoisotopic (exact) mass is 368 g/mol. The van der Waals surface area contributed by atoms with Crippen LogP contribution in [0.3, 0.4) is 0 Å². The van der Waals surface area contributed by atoms with E-state index >= 15 is 0 Å². The van der Waals surface area contributed by atoms with Gasteiger partial charge in [-0.1, -0.05) is 30.3 Å². The van der Waals surface area contributed by atoms with Crippen molar-refractivity contribution in [3.8, 4) is 0 Å². The average molecular weight is 369 g/mol. The van der Waals surface area contributed by atoms with Gasteiger partial charge in [0.05, 0.1) is 11.6 Å². The van der Waals surface area contributed by atoms with E-state index in [4.69, 9.17) is 0 Å². The zero-order chi connectivity index (χ0) is 19.2. The summed E-state index contributed by atoms with van der Waals surface area (Å²) in [4.78, 5) is 15.1. The van der Waals surface area contributed by atoms with Crippen molar-refractivity contribution in [2.45, 2.75) is 33.2 Å². The molecule has 1 aromatic heterocycles. The van der Waals surface area contributed by atoms with E-state index in [1.807, 2.05) is 19.1 Å². The standard InChI is InChI=1S/C22H32N4O/c1-17-16-21(19(3)26(17)18(2)20-8-5-4-6-9-20)22(27)24-10-7-13-25-14-11-23-12-15-25/h4-6,8-9,16,18,23H,7,10-15H2,1-3H3,(H,24,27). The molecule has 1 unspecified atom stereocenters. The van der Waals surface area contributed by atoms with Gasteiger partial charge >= 0.3 is 0 Å². The van der Waals surface area contributed by atoms with Crippen LogP contribution in [0, 0.1) is 13.8 Å². The minimum absolute atomic E-state index is 0.0370. The molecule has 1 atom stereocenters. The normalized spacial score (nSPS) is 16.3. The number of nitrogens with zero attached hydrogens (tertiary/aromatic N) is 2. The molecule has 1 aromatic carbocycles. The maximum Gasteiger partial charge on any atom is 0.253 e. The van der Waals surface area contributed by atoms with Gasteiger partial charge in [-0.2, -0.15) is 0 Å². The van der Waals surface area contributed by atoms with Gasteiger partial charge in [-0.05, 0) is 45.4 Å². The van der Waals surface area contributed by atoms with Crippen LogP contribution in [-0.2, 0) is 0 Å². The number of aryl methyl sites for hydroxylation is 1. The molecule has 0 spiro atoms. The first-order valence-electron chi connectivity index (χ1n) is 10.0. The third-order valence-electron chi connectivity index (χ3n) is 5.54. The number of amides is 1. The Hall–Kier alpha value is -2.11. The summed E-state index contributed by atoms with van der Waals surface area (Å²) in [5, 5.41) is 6.47. The Morgan fingerprint density at radius 2 is 1.89 bits per heavy atom. The molecular weight excluding hydrogens is 336 g/mol. The van der Waals surface area contributed by atoms with E-state index in [0.29, 0.717) is 0 Å². The van der Waals surface area contributed by atoms with Crippen molar-refractivity contribution in [2.24, 2.45) is 0 Å². The largest absolute Gasteiger partial charge is 0.352 e. The molecule has 0 bridgehead atoms. The molecule has 3 rings (SSSR count). The minimum atomic E-state index is 0.0370. The molecular formula is C22H32N4O. The third-order valence-corrected chi connectivity index (χ3v) is 5.54. The summed E-state index contributed by atoms with van der Waals surface area (Å²) in [5.74, 6) is 0.0370. The average Bonchev–Trinajstić information content (AvgIpc) is 3.00. The fourth-order valence-corrected chi connectivity index (χ4v) is 4.02.